The van der Waals surface area contributed by atoms with Gasteiger partial charge in [-0.05, 0) is 74.0 Å². The van der Waals surface area contributed by atoms with Crippen LogP contribution in [0, 0.1) is 23.6 Å². The first kappa shape index (κ1) is 20.3. The van der Waals surface area contributed by atoms with Crippen molar-refractivity contribution in [3.63, 3.8) is 0 Å². The predicted octanol–water partition coefficient (Wildman–Crippen LogP) is 3.25. The monoisotopic (exact) mass is 433 g/mol. The average molecular weight is 434 g/mol. The zero-order valence-corrected chi connectivity index (χ0v) is 17.9. The minimum Gasteiger partial charge on any atom is -0.353 e. The summed E-state index contributed by atoms with van der Waals surface area (Å²) < 4.78 is 13.4. The Morgan fingerprint density at radius 3 is 2.50 bits per heavy atom. The number of amides is 2. The van der Waals surface area contributed by atoms with E-state index in [1.165, 1.54) is 31.4 Å². The first-order valence-electron chi connectivity index (χ1n) is 11.2. The Hall–Kier alpha value is -1.66. The van der Waals surface area contributed by atoms with Crippen LogP contribution in [0.1, 0.15) is 50.5 Å². The van der Waals surface area contributed by atoms with E-state index in [1.54, 1.807) is 6.07 Å². The number of nitrogens with one attached hydrogen (secondary N) is 2. The Labute approximate surface area is 181 Å². The van der Waals surface area contributed by atoms with Gasteiger partial charge in [-0.3, -0.25) is 14.5 Å². The van der Waals surface area contributed by atoms with Crippen LogP contribution in [0.15, 0.2) is 18.2 Å². The number of carbonyl (C=O) groups is 2. The molecule has 162 valence electrons. The van der Waals surface area contributed by atoms with Gasteiger partial charge in [-0.15, -0.1) is 0 Å². The molecule has 2 N–H and O–H groups in total. The molecule has 5 nitrogen and oxygen atoms in total. The Morgan fingerprint density at radius 1 is 1.20 bits per heavy atom. The molecule has 4 aliphatic carbocycles. The zero-order chi connectivity index (χ0) is 20.9. The van der Waals surface area contributed by atoms with Crippen molar-refractivity contribution in [3.05, 3.63) is 34.6 Å². The Balaban J connectivity index is 1.27. The number of nitrogens with zero attached hydrogens (tertiary/aromatic N) is 1. The standard InChI is InChI=1S/C23H29ClFN3O2/c24-19-8-18(25)2-1-17(19)13-28-4-3-26-22(30)20(28)9-21(29)27-23-10-14-5-15(11-23)7-16(6-14)12-23/h1-2,8,14-16,20H,3-7,9-13H2,(H,26,30)(H,27,29)/t14?,15?,16?,20-,23?/m0/s1. The maximum atomic E-state index is 13.4. The number of benzene rings is 1. The average Bonchev–Trinajstić information content (AvgIpc) is 2.65. The van der Waals surface area contributed by atoms with Crippen molar-refractivity contribution < 1.29 is 14.0 Å². The molecule has 4 saturated carbocycles. The first-order valence-corrected chi connectivity index (χ1v) is 11.5. The lowest BCUT2D eigenvalue weighted by molar-refractivity contribution is -0.136. The van der Waals surface area contributed by atoms with E-state index in [2.05, 4.69) is 10.6 Å². The predicted molar refractivity (Wildman–Crippen MR) is 112 cm³/mol. The highest BCUT2D eigenvalue weighted by Crippen LogP contribution is 2.55. The molecule has 0 spiro atoms. The third kappa shape index (κ3) is 3.96. The van der Waals surface area contributed by atoms with Gasteiger partial charge in [0.1, 0.15) is 5.82 Å². The van der Waals surface area contributed by atoms with Crippen molar-refractivity contribution in [3.8, 4) is 0 Å². The van der Waals surface area contributed by atoms with Crippen molar-refractivity contribution in [2.75, 3.05) is 13.1 Å². The van der Waals surface area contributed by atoms with Crippen molar-refractivity contribution in [2.45, 2.75) is 63.1 Å². The van der Waals surface area contributed by atoms with Gasteiger partial charge in [0.05, 0.1) is 12.5 Å². The lowest BCUT2D eigenvalue weighted by Gasteiger charge is -2.57. The van der Waals surface area contributed by atoms with E-state index in [4.69, 9.17) is 11.6 Å². The quantitative estimate of drug-likeness (QED) is 0.749. The van der Waals surface area contributed by atoms with E-state index < -0.39 is 6.04 Å². The number of hydrogen-bond acceptors (Lipinski definition) is 3. The normalized spacial score (nSPS) is 35.3. The van der Waals surface area contributed by atoms with Crippen LogP contribution in [-0.4, -0.2) is 41.4 Å². The van der Waals surface area contributed by atoms with Crippen LogP contribution < -0.4 is 10.6 Å². The molecule has 1 saturated heterocycles. The van der Waals surface area contributed by atoms with E-state index in [9.17, 15) is 14.0 Å². The fraction of sp³-hybridized carbons (Fsp3) is 0.652. The minimum absolute atomic E-state index is 0.0331. The largest absolute Gasteiger partial charge is 0.353 e. The second-order valence-corrected chi connectivity index (χ2v) is 10.4. The molecular weight excluding hydrogens is 405 g/mol. The van der Waals surface area contributed by atoms with E-state index in [1.807, 2.05) is 4.90 Å². The van der Waals surface area contributed by atoms with Gasteiger partial charge in [0.25, 0.3) is 0 Å². The smallest absolute Gasteiger partial charge is 0.237 e. The van der Waals surface area contributed by atoms with Gasteiger partial charge in [0.2, 0.25) is 11.8 Å². The molecule has 1 aromatic rings. The molecule has 0 aromatic heterocycles. The number of carbonyl (C=O) groups excluding carboxylic acids is 2. The van der Waals surface area contributed by atoms with Crippen LogP contribution in [0.5, 0.6) is 0 Å². The summed E-state index contributed by atoms with van der Waals surface area (Å²) in [6.07, 6.45) is 7.40. The van der Waals surface area contributed by atoms with Gasteiger partial charge in [-0.2, -0.15) is 0 Å². The third-order valence-corrected chi connectivity index (χ3v) is 8.00. The van der Waals surface area contributed by atoms with Crippen molar-refractivity contribution in [1.82, 2.24) is 15.5 Å². The summed E-state index contributed by atoms with van der Waals surface area (Å²) in [6, 6.07) is 3.78. The molecule has 1 atom stereocenters. The van der Waals surface area contributed by atoms with Crippen molar-refractivity contribution in [2.24, 2.45) is 17.8 Å². The summed E-state index contributed by atoms with van der Waals surface area (Å²) >= 11 is 6.20. The molecule has 5 aliphatic rings. The van der Waals surface area contributed by atoms with Crippen LogP contribution in [0.2, 0.25) is 5.02 Å². The lowest BCUT2D eigenvalue weighted by Crippen LogP contribution is -2.61. The number of piperazine rings is 1. The van der Waals surface area contributed by atoms with Crippen LogP contribution in [0.4, 0.5) is 4.39 Å². The SMILES string of the molecule is O=C(C[C@H]1C(=O)NCCN1Cc1ccc(F)cc1Cl)NC12CC3CC(CC(C3)C1)C2. The highest BCUT2D eigenvalue weighted by molar-refractivity contribution is 6.31. The molecule has 30 heavy (non-hydrogen) atoms. The Kier molecular flexibility index (Phi) is 5.26. The van der Waals surface area contributed by atoms with Crippen LogP contribution in [-0.2, 0) is 16.1 Å². The summed E-state index contributed by atoms with van der Waals surface area (Å²) in [5, 5.41) is 6.60. The van der Waals surface area contributed by atoms with Gasteiger partial charge in [-0.1, -0.05) is 17.7 Å². The molecule has 5 fully saturated rings. The highest BCUT2D eigenvalue weighted by Gasteiger charge is 2.51. The summed E-state index contributed by atoms with van der Waals surface area (Å²) in [7, 11) is 0. The topological polar surface area (TPSA) is 61.4 Å². The Morgan fingerprint density at radius 2 is 1.87 bits per heavy atom. The minimum atomic E-state index is -0.534. The van der Waals surface area contributed by atoms with Crippen LogP contribution in [0.25, 0.3) is 0 Å². The first-order chi connectivity index (χ1) is 14.4. The van der Waals surface area contributed by atoms with Crippen molar-refractivity contribution >= 4 is 23.4 Å². The molecule has 6 rings (SSSR count). The maximum absolute atomic E-state index is 13.4. The fourth-order valence-electron chi connectivity index (χ4n) is 6.83. The fourth-order valence-corrected chi connectivity index (χ4v) is 7.06. The van der Waals surface area contributed by atoms with Gasteiger partial charge in [-0.25, -0.2) is 4.39 Å². The van der Waals surface area contributed by atoms with Crippen LogP contribution >= 0.6 is 11.6 Å². The summed E-state index contributed by atoms with van der Waals surface area (Å²) in [6.45, 7) is 1.58. The molecule has 1 heterocycles. The molecule has 0 radical (unpaired) electrons. The summed E-state index contributed by atoms with van der Waals surface area (Å²) in [4.78, 5) is 27.6. The second kappa shape index (κ2) is 7.79. The summed E-state index contributed by atoms with van der Waals surface area (Å²) in [5.41, 5.74) is 0.710. The molecule has 4 bridgehead atoms. The van der Waals surface area contributed by atoms with Gasteiger partial charge < -0.3 is 10.6 Å². The lowest BCUT2D eigenvalue weighted by atomic mass is 9.53. The van der Waals surface area contributed by atoms with Gasteiger partial charge >= 0.3 is 0 Å². The Bertz CT molecular complexity index is 826. The van der Waals surface area contributed by atoms with Crippen LogP contribution in [0.3, 0.4) is 0 Å². The summed E-state index contributed by atoms with van der Waals surface area (Å²) in [5.74, 6) is 1.73. The number of halogens is 2. The zero-order valence-electron chi connectivity index (χ0n) is 17.1. The highest BCUT2D eigenvalue weighted by atomic mass is 35.5. The molecule has 1 aromatic carbocycles. The van der Waals surface area contributed by atoms with E-state index >= 15 is 0 Å². The molecule has 2 amide bonds. The number of hydrogen-bond donors (Lipinski definition) is 2. The third-order valence-electron chi connectivity index (χ3n) is 7.65. The second-order valence-electron chi connectivity index (χ2n) is 9.96. The van der Waals surface area contributed by atoms with Gasteiger partial charge in [0.15, 0.2) is 0 Å². The molecule has 7 heteroatoms. The maximum Gasteiger partial charge on any atom is 0.237 e. The van der Waals surface area contributed by atoms with E-state index in [0.717, 1.165) is 42.6 Å². The number of rotatable bonds is 5. The van der Waals surface area contributed by atoms with E-state index in [0.29, 0.717) is 24.7 Å². The van der Waals surface area contributed by atoms with Gasteiger partial charge in [0, 0.05) is 30.2 Å². The molecule has 1 aliphatic heterocycles. The molecule has 0 unspecified atom stereocenters. The molecular formula is C23H29ClFN3O2. The van der Waals surface area contributed by atoms with E-state index in [-0.39, 0.29) is 29.6 Å². The van der Waals surface area contributed by atoms with Crippen molar-refractivity contribution in [1.29, 1.82) is 0 Å².